The number of amides is 1. The monoisotopic (exact) mass is 279 g/mol. The number of carbonyl (C=O) groups is 1. The fourth-order valence-electron chi connectivity index (χ4n) is 1.76. The number of carbonyl (C=O) groups excluding carboxylic acids is 1. The number of nitrogens with two attached hydrogens (primary N) is 1. The fraction of sp³-hybridized carbons (Fsp3) is 0.917. The van der Waals surface area contributed by atoms with Crippen LogP contribution in [0.2, 0.25) is 0 Å². The number of nitrogens with zero attached hydrogens (tertiary/aromatic N) is 1. The van der Waals surface area contributed by atoms with Gasteiger partial charge in [-0.1, -0.05) is 13.8 Å². The van der Waals surface area contributed by atoms with E-state index in [1.54, 1.807) is 0 Å². The van der Waals surface area contributed by atoms with E-state index >= 15 is 0 Å². The van der Waals surface area contributed by atoms with Crippen molar-refractivity contribution in [2.24, 2.45) is 11.7 Å². The minimum atomic E-state index is -0.390. The minimum Gasteiger partial charge on any atom is -0.379 e. The summed E-state index contributed by atoms with van der Waals surface area (Å²) in [5.74, 6) is 0.149. The molecule has 0 aromatic rings. The molecule has 1 saturated heterocycles. The van der Waals surface area contributed by atoms with Gasteiger partial charge in [0.15, 0.2) is 0 Å². The highest BCUT2D eigenvalue weighted by Gasteiger charge is 2.16. The molecule has 0 spiro atoms. The van der Waals surface area contributed by atoms with E-state index in [4.69, 9.17) is 10.5 Å². The van der Waals surface area contributed by atoms with E-state index in [9.17, 15) is 4.79 Å². The van der Waals surface area contributed by atoms with Crippen LogP contribution in [0.5, 0.6) is 0 Å². The molecular formula is C12H26ClN3O2. The number of rotatable bonds is 6. The quantitative estimate of drug-likeness (QED) is 0.683. The standard InChI is InChI=1S/C12H25N3O2.ClH/c1-10(2)11(13)12(16)14-4-3-5-15-6-8-17-9-7-15;/h10-11H,3-9,13H2,1-2H3,(H,14,16);1H/t11-;/m0./s1. The highest BCUT2D eigenvalue weighted by molar-refractivity contribution is 5.85. The predicted octanol–water partition coefficient (Wildman–Crippen LogP) is 0.230. The van der Waals surface area contributed by atoms with Crippen LogP contribution in [0.4, 0.5) is 0 Å². The van der Waals surface area contributed by atoms with Gasteiger partial charge in [-0.3, -0.25) is 9.69 Å². The Morgan fingerprint density at radius 2 is 2.00 bits per heavy atom. The first-order valence-electron chi connectivity index (χ1n) is 6.44. The van der Waals surface area contributed by atoms with Crippen LogP contribution in [0.25, 0.3) is 0 Å². The van der Waals surface area contributed by atoms with Crippen molar-refractivity contribution in [2.45, 2.75) is 26.3 Å². The maximum Gasteiger partial charge on any atom is 0.237 e. The zero-order valence-corrected chi connectivity index (χ0v) is 12.2. The van der Waals surface area contributed by atoms with E-state index in [2.05, 4.69) is 10.2 Å². The van der Waals surface area contributed by atoms with Crippen LogP contribution in [-0.4, -0.2) is 56.2 Å². The average molecular weight is 280 g/mol. The number of hydrogen-bond acceptors (Lipinski definition) is 4. The van der Waals surface area contributed by atoms with E-state index in [0.717, 1.165) is 39.3 Å². The zero-order valence-electron chi connectivity index (χ0n) is 11.4. The summed E-state index contributed by atoms with van der Waals surface area (Å²) in [4.78, 5) is 13.9. The molecule has 0 aliphatic carbocycles. The van der Waals surface area contributed by atoms with Crippen LogP contribution in [0.1, 0.15) is 20.3 Å². The lowest BCUT2D eigenvalue weighted by molar-refractivity contribution is -0.123. The van der Waals surface area contributed by atoms with Crippen molar-refractivity contribution in [1.82, 2.24) is 10.2 Å². The van der Waals surface area contributed by atoms with Gasteiger partial charge in [-0.25, -0.2) is 0 Å². The summed E-state index contributed by atoms with van der Waals surface area (Å²) in [7, 11) is 0. The van der Waals surface area contributed by atoms with Gasteiger partial charge in [0.1, 0.15) is 0 Å². The Kier molecular flexibility index (Phi) is 9.36. The Hall–Kier alpha value is -0.360. The Bertz CT molecular complexity index is 233. The molecule has 1 atom stereocenters. The van der Waals surface area contributed by atoms with Crippen LogP contribution >= 0.6 is 12.4 Å². The van der Waals surface area contributed by atoms with Crippen molar-refractivity contribution < 1.29 is 9.53 Å². The van der Waals surface area contributed by atoms with Gasteiger partial charge in [0.05, 0.1) is 19.3 Å². The van der Waals surface area contributed by atoms with Gasteiger partial charge < -0.3 is 15.8 Å². The summed E-state index contributed by atoms with van der Waals surface area (Å²) >= 11 is 0. The highest BCUT2D eigenvalue weighted by atomic mass is 35.5. The third-order valence-corrected chi connectivity index (χ3v) is 3.08. The van der Waals surface area contributed by atoms with Gasteiger partial charge in [-0.05, 0) is 18.9 Å². The summed E-state index contributed by atoms with van der Waals surface area (Å²) in [6, 6.07) is -0.390. The van der Waals surface area contributed by atoms with Gasteiger partial charge in [-0.2, -0.15) is 0 Å². The van der Waals surface area contributed by atoms with Crippen LogP contribution in [0.15, 0.2) is 0 Å². The van der Waals surface area contributed by atoms with Gasteiger partial charge in [-0.15, -0.1) is 12.4 Å². The molecule has 0 bridgehead atoms. The lowest BCUT2D eigenvalue weighted by Gasteiger charge is -2.26. The smallest absolute Gasteiger partial charge is 0.237 e. The molecule has 1 heterocycles. The largest absolute Gasteiger partial charge is 0.379 e. The van der Waals surface area contributed by atoms with E-state index in [-0.39, 0.29) is 24.2 Å². The van der Waals surface area contributed by atoms with Gasteiger partial charge >= 0.3 is 0 Å². The maximum atomic E-state index is 11.6. The van der Waals surface area contributed by atoms with Crippen LogP contribution in [0.3, 0.4) is 0 Å². The Labute approximate surface area is 116 Å². The molecule has 1 amide bonds. The first-order valence-corrected chi connectivity index (χ1v) is 6.44. The molecule has 1 aliphatic heterocycles. The van der Waals surface area contributed by atoms with Crippen molar-refractivity contribution in [3.05, 3.63) is 0 Å². The molecule has 6 heteroatoms. The molecule has 108 valence electrons. The number of morpholine rings is 1. The molecule has 0 aromatic heterocycles. The summed E-state index contributed by atoms with van der Waals surface area (Å²) in [5, 5.41) is 2.88. The Morgan fingerprint density at radius 3 is 2.56 bits per heavy atom. The maximum absolute atomic E-state index is 11.6. The molecular weight excluding hydrogens is 254 g/mol. The normalized spacial score (nSPS) is 18.2. The SMILES string of the molecule is CC(C)[C@H](N)C(=O)NCCCN1CCOCC1.Cl. The van der Waals surface area contributed by atoms with E-state index in [1.807, 2.05) is 13.8 Å². The molecule has 18 heavy (non-hydrogen) atoms. The summed E-state index contributed by atoms with van der Waals surface area (Å²) < 4.78 is 5.27. The van der Waals surface area contributed by atoms with Gasteiger partial charge in [0, 0.05) is 19.6 Å². The second-order valence-electron chi connectivity index (χ2n) is 4.87. The number of nitrogens with one attached hydrogen (secondary N) is 1. The van der Waals surface area contributed by atoms with Crippen LogP contribution in [0, 0.1) is 5.92 Å². The first-order chi connectivity index (χ1) is 8.11. The summed E-state index contributed by atoms with van der Waals surface area (Å²) in [6.07, 6.45) is 0.969. The zero-order chi connectivity index (χ0) is 12.7. The summed E-state index contributed by atoms with van der Waals surface area (Å²) in [5.41, 5.74) is 5.75. The predicted molar refractivity (Wildman–Crippen MR) is 74.9 cm³/mol. The average Bonchev–Trinajstić information content (AvgIpc) is 2.34. The minimum absolute atomic E-state index is 0. The molecule has 0 aromatic carbocycles. The third kappa shape index (κ3) is 6.54. The van der Waals surface area contributed by atoms with Crippen molar-refractivity contribution >= 4 is 18.3 Å². The van der Waals surface area contributed by atoms with Gasteiger partial charge in [0.25, 0.3) is 0 Å². The molecule has 0 unspecified atom stereocenters. The van der Waals surface area contributed by atoms with Crippen molar-refractivity contribution in [3.63, 3.8) is 0 Å². The summed E-state index contributed by atoms with van der Waals surface area (Å²) in [6.45, 7) is 9.28. The van der Waals surface area contributed by atoms with Crippen LogP contribution < -0.4 is 11.1 Å². The highest BCUT2D eigenvalue weighted by Crippen LogP contribution is 1.99. The third-order valence-electron chi connectivity index (χ3n) is 3.08. The molecule has 1 rings (SSSR count). The van der Waals surface area contributed by atoms with Gasteiger partial charge in [0.2, 0.25) is 5.91 Å². The lowest BCUT2D eigenvalue weighted by Crippen LogP contribution is -2.45. The molecule has 3 N–H and O–H groups in total. The van der Waals surface area contributed by atoms with E-state index in [1.165, 1.54) is 0 Å². The van der Waals surface area contributed by atoms with Crippen molar-refractivity contribution in [2.75, 3.05) is 39.4 Å². The number of ether oxygens (including phenoxy) is 1. The van der Waals surface area contributed by atoms with Crippen molar-refractivity contribution in [3.8, 4) is 0 Å². The topological polar surface area (TPSA) is 67.6 Å². The molecule has 0 saturated carbocycles. The molecule has 1 aliphatic rings. The van der Waals surface area contributed by atoms with E-state index < -0.39 is 6.04 Å². The Balaban J connectivity index is 0.00000289. The van der Waals surface area contributed by atoms with E-state index in [0.29, 0.717) is 6.54 Å². The second-order valence-corrected chi connectivity index (χ2v) is 4.87. The number of hydrogen-bond donors (Lipinski definition) is 2. The van der Waals surface area contributed by atoms with Crippen molar-refractivity contribution in [1.29, 1.82) is 0 Å². The lowest BCUT2D eigenvalue weighted by atomic mass is 10.1. The second kappa shape index (κ2) is 9.55. The fourth-order valence-corrected chi connectivity index (χ4v) is 1.76. The molecule has 1 fully saturated rings. The molecule has 5 nitrogen and oxygen atoms in total. The number of halogens is 1. The van der Waals surface area contributed by atoms with Crippen LogP contribution in [-0.2, 0) is 9.53 Å². The molecule has 0 radical (unpaired) electrons. The Morgan fingerprint density at radius 1 is 1.39 bits per heavy atom. The first kappa shape index (κ1) is 17.6.